The number of carbonyl (C=O) groups excluding carboxylic acids is 1. The monoisotopic (exact) mass is 365 g/mol. The highest BCUT2D eigenvalue weighted by atomic mass is 79.9. The molecule has 2 N–H and O–H groups in total. The zero-order chi connectivity index (χ0) is 15.8. The average molecular weight is 366 g/mol. The third-order valence-electron chi connectivity index (χ3n) is 2.58. The lowest BCUT2D eigenvalue weighted by molar-refractivity contribution is 0.234. The summed E-state index contributed by atoms with van der Waals surface area (Å²) in [5.41, 5.74) is 0. The molecule has 6 nitrogen and oxygen atoms in total. The van der Waals surface area contributed by atoms with Crippen LogP contribution in [0.1, 0.15) is 6.92 Å². The summed E-state index contributed by atoms with van der Waals surface area (Å²) in [5, 5.41) is 5.18. The van der Waals surface area contributed by atoms with Crippen LogP contribution in [0.4, 0.5) is 10.6 Å². The Morgan fingerprint density at radius 1 is 1.14 bits per heavy atom. The minimum atomic E-state index is -0.388. The second-order valence-corrected chi connectivity index (χ2v) is 5.10. The van der Waals surface area contributed by atoms with Gasteiger partial charge in [0.15, 0.2) is 6.73 Å². The number of benzene rings is 1. The summed E-state index contributed by atoms with van der Waals surface area (Å²) in [4.78, 5) is 15.7. The fourth-order valence-electron chi connectivity index (χ4n) is 1.59. The van der Waals surface area contributed by atoms with Crippen LogP contribution in [0.2, 0.25) is 0 Å². The quantitative estimate of drug-likeness (QED) is 0.769. The van der Waals surface area contributed by atoms with Crippen LogP contribution in [-0.2, 0) is 0 Å². The van der Waals surface area contributed by atoms with Gasteiger partial charge in [0.2, 0.25) is 0 Å². The van der Waals surface area contributed by atoms with Crippen LogP contribution in [-0.4, -0.2) is 24.4 Å². The first kappa shape index (κ1) is 16.1. The largest absolute Gasteiger partial charge is 0.494 e. The average Bonchev–Trinajstić information content (AvgIpc) is 2.52. The van der Waals surface area contributed by atoms with E-state index in [0.717, 1.165) is 10.2 Å². The van der Waals surface area contributed by atoms with E-state index in [2.05, 4.69) is 31.5 Å². The number of nitrogens with one attached hydrogen (secondary N) is 2. The summed E-state index contributed by atoms with van der Waals surface area (Å²) in [6.45, 7) is 2.59. The third kappa shape index (κ3) is 5.25. The first-order valence-electron chi connectivity index (χ1n) is 6.69. The van der Waals surface area contributed by atoms with Crippen molar-refractivity contribution in [1.82, 2.24) is 10.3 Å². The van der Waals surface area contributed by atoms with Gasteiger partial charge in [-0.05, 0) is 59.3 Å². The van der Waals surface area contributed by atoms with Crippen molar-refractivity contribution in [2.45, 2.75) is 6.92 Å². The molecule has 0 aliphatic rings. The SMILES string of the molecule is CCOc1ccc(OCNC(=O)Nc2ccc(Br)cn2)cc1. The number of rotatable bonds is 6. The Bertz CT molecular complexity index is 602. The van der Waals surface area contributed by atoms with Gasteiger partial charge < -0.3 is 14.8 Å². The van der Waals surface area contributed by atoms with E-state index < -0.39 is 0 Å². The maximum Gasteiger partial charge on any atom is 0.323 e. The van der Waals surface area contributed by atoms with Crippen molar-refractivity contribution in [3.63, 3.8) is 0 Å². The van der Waals surface area contributed by atoms with Crippen LogP contribution in [0, 0.1) is 0 Å². The van der Waals surface area contributed by atoms with Crippen molar-refractivity contribution >= 4 is 27.8 Å². The lowest BCUT2D eigenvalue weighted by atomic mass is 10.3. The van der Waals surface area contributed by atoms with Gasteiger partial charge in [-0.25, -0.2) is 9.78 Å². The molecular weight excluding hydrogens is 350 g/mol. The maximum absolute atomic E-state index is 11.7. The highest BCUT2D eigenvalue weighted by Gasteiger charge is 2.02. The first-order chi connectivity index (χ1) is 10.7. The molecule has 1 aromatic carbocycles. The van der Waals surface area contributed by atoms with Gasteiger partial charge in [-0.15, -0.1) is 0 Å². The number of nitrogens with zero attached hydrogens (tertiary/aromatic N) is 1. The second kappa shape index (κ2) is 8.23. The van der Waals surface area contributed by atoms with Crippen molar-refractivity contribution in [2.75, 3.05) is 18.7 Å². The first-order valence-corrected chi connectivity index (χ1v) is 7.48. The molecule has 0 atom stereocenters. The molecule has 0 aliphatic heterocycles. The number of aromatic nitrogens is 1. The molecule has 2 rings (SSSR count). The predicted octanol–water partition coefficient (Wildman–Crippen LogP) is 3.40. The number of ether oxygens (including phenoxy) is 2. The highest BCUT2D eigenvalue weighted by molar-refractivity contribution is 9.10. The number of halogens is 1. The molecule has 0 spiro atoms. The van der Waals surface area contributed by atoms with Crippen LogP contribution in [0.15, 0.2) is 47.1 Å². The molecule has 1 heterocycles. The molecule has 7 heteroatoms. The van der Waals surface area contributed by atoms with E-state index >= 15 is 0 Å². The minimum Gasteiger partial charge on any atom is -0.494 e. The Balaban J connectivity index is 1.73. The molecule has 0 bridgehead atoms. The van der Waals surface area contributed by atoms with E-state index in [-0.39, 0.29) is 12.8 Å². The molecule has 0 aliphatic carbocycles. The molecule has 0 saturated carbocycles. The molecule has 1 aromatic heterocycles. The number of anilines is 1. The molecule has 2 aromatic rings. The van der Waals surface area contributed by atoms with E-state index in [0.29, 0.717) is 18.2 Å². The highest BCUT2D eigenvalue weighted by Crippen LogP contribution is 2.17. The molecule has 0 unspecified atom stereocenters. The standard InChI is InChI=1S/C15H16BrN3O3/c1-2-21-12-4-6-13(7-5-12)22-10-18-15(20)19-14-8-3-11(16)9-17-14/h3-9H,2,10H2,1H3,(H2,17,18,19,20). The van der Waals surface area contributed by atoms with Crippen molar-refractivity contribution in [1.29, 1.82) is 0 Å². The lowest BCUT2D eigenvalue weighted by Crippen LogP contribution is -2.32. The smallest absolute Gasteiger partial charge is 0.323 e. The second-order valence-electron chi connectivity index (χ2n) is 4.19. The van der Waals surface area contributed by atoms with Crippen molar-refractivity contribution < 1.29 is 14.3 Å². The lowest BCUT2D eigenvalue weighted by Gasteiger charge is -2.09. The van der Waals surface area contributed by atoms with Crippen molar-refractivity contribution in [2.24, 2.45) is 0 Å². The zero-order valence-electron chi connectivity index (χ0n) is 12.0. The fourth-order valence-corrected chi connectivity index (χ4v) is 1.83. The molecule has 22 heavy (non-hydrogen) atoms. The van der Waals surface area contributed by atoms with Gasteiger partial charge in [0, 0.05) is 10.7 Å². The van der Waals surface area contributed by atoms with Crippen molar-refractivity contribution in [3.05, 3.63) is 47.1 Å². The van der Waals surface area contributed by atoms with Gasteiger partial charge in [0.05, 0.1) is 6.61 Å². The van der Waals surface area contributed by atoms with E-state index in [1.807, 2.05) is 19.1 Å². The Hall–Kier alpha value is -2.28. The molecule has 0 saturated heterocycles. The van der Waals surface area contributed by atoms with Gasteiger partial charge in [0.1, 0.15) is 17.3 Å². The summed E-state index contributed by atoms with van der Waals surface area (Å²) in [7, 11) is 0. The van der Waals surface area contributed by atoms with Crippen LogP contribution >= 0.6 is 15.9 Å². The molecular formula is C15H16BrN3O3. The number of amides is 2. The van der Waals surface area contributed by atoms with Crippen LogP contribution in [0.25, 0.3) is 0 Å². The van der Waals surface area contributed by atoms with Crippen molar-refractivity contribution in [3.8, 4) is 11.5 Å². The number of hydrogen-bond donors (Lipinski definition) is 2. The minimum absolute atomic E-state index is 0.0519. The summed E-state index contributed by atoms with van der Waals surface area (Å²) in [6, 6.07) is 10.3. The number of urea groups is 1. The molecule has 0 radical (unpaired) electrons. The molecule has 2 amide bonds. The summed E-state index contributed by atoms with van der Waals surface area (Å²) < 4.78 is 11.6. The Labute approximate surface area is 137 Å². The molecule has 0 fully saturated rings. The normalized spacial score (nSPS) is 9.91. The Morgan fingerprint density at radius 2 is 1.82 bits per heavy atom. The van der Waals surface area contributed by atoms with Gasteiger partial charge in [-0.2, -0.15) is 0 Å². The summed E-state index contributed by atoms with van der Waals surface area (Å²) in [6.07, 6.45) is 1.60. The summed E-state index contributed by atoms with van der Waals surface area (Å²) in [5.74, 6) is 1.88. The van der Waals surface area contributed by atoms with E-state index in [4.69, 9.17) is 9.47 Å². The number of hydrogen-bond acceptors (Lipinski definition) is 4. The summed E-state index contributed by atoms with van der Waals surface area (Å²) >= 11 is 3.27. The van der Waals surface area contributed by atoms with E-state index in [1.165, 1.54) is 0 Å². The fraction of sp³-hybridized carbons (Fsp3) is 0.200. The predicted molar refractivity (Wildman–Crippen MR) is 87.2 cm³/mol. The number of pyridine rings is 1. The maximum atomic E-state index is 11.7. The van der Waals surface area contributed by atoms with Gasteiger partial charge >= 0.3 is 6.03 Å². The third-order valence-corrected chi connectivity index (χ3v) is 3.04. The van der Waals surface area contributed by atoms with E-state index in [9.17, 15) is 4.79 Å². The van der Waals surface area contributed by atoms with Crippen LogP contribution in [0.5, 0.6) is 11.5 Å². The van der Waals surface area contributed by atoms with Crippen LogP contribution in [0.3, 0.4) is 0 Å². The molecule has 116 valence electrons. The van der Waals surface area contributed by atoms with Crippen LogP contribution < -0.4 is 20.1 Å². The zero-order valence-corrected chi connectivity index (χ0v) is 13.6. The van der Waals surface area contributed by atoms with Gasteiger partial charge in [-0.3, -0.25) is 5.32 Å². The van der Waals surface area contributed by atoms with E-state index in [1.54, 1.807) is 30.5 Å². The van der Waals surface area contributed by atoms with Gasteiger partial charge in [0.25, 0.3) is 0 Å². The number of carbonyl (C=O) groups is 1. The Kier molecular flexibility index (Phi) is 6.02. The van der Waals surface area contributed by atoms with Gasteiger partial charge in [-0.1, -0.05) is 0 Å². The Morgan fingerprint density at radius 3 is 2.41 bits per heavy atom. The topological polar surface area (TPSA) is 72.5 Å².